The lowest BCUT2D eigenvalue weighted by Crippen LogP contribution is -2.04. The number of hydrogen-bond acceptors (Lipinski definition) is 1. The maximum absolute atomic E-state index is 9.49. The van der Waals surface area contributed by atoms with Crippen LogP contribution in [0.1, 0.15) is 12.8 Å². The van der Waals surface area contributed by atoms with Gasteiger partial charge in [-0.1, -0.05) is 12.1 Å². The zero-order chi connectivity index (χ0) is 11.0. The topological polar surface area (TPSA) is 20.2 Å². The number of benzene rings is 2. The molecule has 1 N–H and O–H groups in total. The Kier molecular flexibility index (Phi) is 2.52. The molecule has 0 aliphatic carbocycles. The fraction of sp³-hybridized carbons (Fsp3) is 0.286. The highest BCUT2D eigenvalue weighted by atomic mass is 32.2. The minimum absolute atomic E-state index is 0.361. The largest absolute Gasteiger partial charge is 0.508 e. The van der Waals surface area contributed by atoms with E-state index in [1.54, 1.807) is 6.07 Å². The summed E-state index contributed by atoms with van der Waals surface area (Å²) in [7, 11) is 0.447. The van der Waals surface area contributed by atoms with E-state index in [1.807, 2.05) is 6.07 Å². The Morgan fingerprint density at radius 2 is 1.81 bits per heavy atom. The lowest BCUT2D eigenvalue weighted by Gasteiger charge is -2.05. The van der Waals surface area contributed by atoms with Gasteiger partial charge in [-0.25, -0.2) is 0 Å². The van der Waals surface area contributed by atoms with Crippen LogP contribution in [0, 0.1) is 0 Å². The summed E-state index contributed by atoms with van der Waals surface area (Å²) >= 11 is 0. The van der Waals surface area contributed by atoms with Gasteiger partial charge in [-0.05, 0) is 42.5 Å². The van der Waals surface area contributed by atoms with Gasteiger partial charge in [0.25, 0.3) is 0 Å². The molecule has 0 bridgehead atoms. The van der Waals surface area contributed by atoms with Gasteiger partial charge in [0.05, 0.1) is 0 Å². The van der Waals surface area contributed by atoms with Crippen LogP contribution in [0.3, 0.4) is 0 Å². The second-order valence-electron chi connectivity index (χ2n) is 4.27. The van der Waals surface area contributed by atoms with Gasteiger partial charge in [-0.3, -0.25) is 0 Å². The first-order valence-corrected chi connectivity index (χ1v) is 7.30. The van der Waals surface area contributed by atoms with Crippen LogP contribution in [0.25, 0.3) is 10.8 Å². The third-order valence-corrected chi connectivity index (χ3v) is 5.71. The Morgan fingerprint density at radius 1 is 1.00 bits per heavy atom. The Morgan fingerprint density at radius 3 is 2.62 bits per heavy atom. The molecule has 0 saturated carbocycles. The fourth-order valence-electron chi connectivity index (χ4n) is 2.37. The number of fused-ring (bicyclic) bond motifs is 1. The van der Waals surface area contributed by atoms with Crippen molar-refractivity contribution < 1.29 is 5.11 Å². The minimum atomic E-state index is 0.361. The van der Waals surface area contributed by atoms with E-state index in [4.69, 9.17) is 0 Å². The van der Waals surface area contributed by atoms with Gasteiger partial charge < -0.3 is 5.11 Å². The summed E-state index contributed by atoms with van der Waals surface area (Å²) in [5.41, 5.74) is 0. The molecule has 0 amide bonds. The highest BCUT2D eigenvalue weighted by molar-refractivity contribution is 7.97. The molecule has 1 aliphatic rings. The van der Waals surface area contributed by atoms with Crippen molar-refractivity contribution in [1.82, 2.24) is 0 Å². The Bertz CT molecular complexity index is 515. The van der Waals surface area contributed by atoms with Gasteiger partial charge in [0.2, 0.25) is 0 Å². The first-order chi connectivity index (χ1) is 7.84. The molecule has 3 rings (SSSR count). The van der Waals surface area contributed by atoms with E-state index in [9.17, 15) is 5.11 Å². The zero-order valence-electron chi connectivity index (χ0n) is 9.15. The maximum Gasteiger partial charge on any atom is 0.162 e. The summed E-state index contributed by atoms with van der Waals surface area (Å²) in [6.07, 6.45) is 2.75. The van der Waals surface area contributed by atoms with Crippen LogP contribution < -0.4 is 0 Å². The van der Waals surface area contributed by atoms with Crippen molar-refractivity contribution in [1.29, 1.82) is 0 Å². The molecule has 2 aromatic rings. The zero-order valence-corrected chi connectivity index (χ0v) is 9.96. The SMILES string of the molecule is Oc1ccc2c([S+]3CCCC3)cccc2c1. The number of hydrogen-bond donors (Lipinski definition) is 1. The standard InChI is InChI=1S/C14H14OS/c15-12-6-7-13-11(10-12)4-3-5-14(13)16-8-1-2-9-16/h3-7,10H,1-2,8-9H2/p+1. The van der Waals surface area contributed by atoms with E-state index in [0.717, 1.165) is 5.39 Å². The molecule has 1 fully saturated rings. The van der Waals surface area contributed by atoms with Crippen LogP contribution >= 0.6 is 0 Å². The smallest absolute Gasteiger partial charge is 0.162 e. The molecule has 2 aromatic carbocycles. The Labute approximate surface area is 98.5 Å². The molecule has 0 aromatic heterocycles. The molecule has 1 aliphatic heterocycles. The van der Waals surface area contributed by atoms with Crippen LogP contribution in [0.4, 0.5) is 0 Å². The van der Waals surface area contributed by atoms with Gasteiger partial charge in [0.1, 0.15) is 17.3 Å². The Hall–Kier alpha value is -1.15. The van der Waals surface area contributed by atoms with E-state index >= 15 is 0 Å². The molecule has 16 heavy (non-hydrogen) atoms. The summed E-state index contributed by atoms with van der Waals surface area (Å²) < 4.78 is 0. The summed E-state index contributed by atoms with van der Waals surface area (Å²) in [6.45, 7) is 0. The number of phenolic OH excluding ortho intramolecular Hbond substituents is 1. The van der Waals surface area contributed by atoms with Gasteiger partial charge in [0.15, 0.2) is 4.90 Å². The van der Waals surface area contributed by atoms with E-state index in [1.165, 1.54) is 34.6 Å². The highest BCUT2D eigenvalue weighted by Crippen LogP contribution is 2.31. The molecule has 1 heterocycles. The average molecular weight is 231 g/mol. The van der Waals surface area contributed by atoms with Crippen LogP contribution in [-0.2, 0) is 10.9 Å². The average Bonchev–Trinajstić information content (AvgIpc) is 2.81. The quantitative estimate of drug-likeness (QED) is 0.746. The molecule has 1 saturated heterocycles. The van der Waals surface area contributed by atoms with Gasteiger partial charge in [0, 0.05) is 16.3 Å². The molecule has 0 atom stereocenters. The minimum Gasteiger partial charge on any atom is -0.508 e. The molecule has 1 nitrogen and oxygen atoms in total. The first-order valence-electron chi connectivity index (χ1n) is 5.74. The second kappa shape index (κ2) is 4.02. The van der Waals surface area contributed by atoms with Gasteiger partial charge in [-0.15, -0.1) is 0 Å². The predicted octanol–water partition coefficient (Wildman–Crippen LogP) is 3.32. The number of phenols is 1. The second-order valence-corrected chi connectivity index (χ2v) is 6.51. The third kappa shape index (κ3) is 1.67. The van der Waals surface area contributed by atoms with Crippen LogP contribution in [0.5, 0.6) is 5.75 Å². The van der Waals surface area contributed by atoms with Crippen molar-refractivity contribution in [2.45, 2.75) is 17.7 Å². The molecule has 0 radical (unpaired) electrons. The lowest BCUT2D eigenvalue weighted by molar-refractivity contribution is 0.476. The highest BCUT2D eigenvalue weighted by Gasteiger charge is 2.28. The fourth-order valence-corrected chi connectivity index (χ4v) is 4.88. The number of rotatable bonds is 1. The van der Waals surface area contributed by atoms with Gasteiger partial charge in [-0.2, -0.15) is 0 Å². The molecular weight excluding hydrogens is 216 g/mol. The van der Waals surface area contributed by atoms with Crippen molar-refractivity contribution in [3.63, 3.8) is 0 Å². The van der Waals surface area contributed by atoms with Crippen molar-refractivity contribution in [3.05, 3.63) is 36.4 Å². The van der Waals surface area contributed by atoms with E-state index in [-0.39, 0.29) is 0 Å². The summed E-state index contributed by atoms with van der Waals surface area (Å²) in [6, 6.07) is 12.2. The normalized spacial score (nSPS) is 17.0. The molecular formula is C14H15OS+. The van der Waals surface area contributed by atoms with Crippen molar-refractivity contribution >= 4 is 21.7 Å². The molecule has 0 spiro atoms. The van der Waals surface area contributed by atoms with E-state index in [2.05, 4.69) is 24.3 Å². The summed E-state index contributed by atoms with van der Waals surface area (Å²) in [5.74, 6) is 3.05. The van der Waals surface area contributed by atoms with Crippen LogP contribution in [0.2, 0.25) is 0 Å². The van der Waals surface area contributed by atoms with E-state index in [0.29, 0.717) is 16.6 Å². The third-order valence-electron chi connectivity index (χ3n) is 3.17. The van der Waals surface area contributed by atoms with Crippen molar-refractivity contribution in [2.24, 2.45) is 0 Å². The lowest BCUT2D eigenvalue weighted by atomic mass is 10.1. The van der Waals surface area contributed by atoms with Crippen molar-refractivity contribution in [3.8, 4) is 5.75 Å². The maximum atomic E-state index is 9.49. The van der Waals surface area contributed by atoms with Crippen molar-refractivity contribution in [2.75, 3.05) is 11.5 Å². The molecule has 0 unspecified atom stereocenters. The van der Waals surface area contributed by atoms with Crippen LogP contribution in [0.15, 0.2) is 41.3 Å². The first kappa shape index (κ1) is 10.0. The summed E-state index contributed by atoms with van der Waals surface area (Å²) in [4.78, 5) is 1.50. The molecule has 82 valence electrons. The molecule has 2 heteroatoms. The number of aromatic hydroxyl groups is 1. The van der Waals surface area contributed by atoms with E-state index < -0.39 is 0 Å². The monoisotopic (exact) mass is 231 g/mol. The predicted molar refractivity (Wildman–Crippen MR) is 70.2 cm³/mol. The van der Waals surface area contributed by atoms with Gasteiger partial charge >= 0.3 is 0 Å². The van der Waals surface area contributed by atoms with Crippen LogP contribution in [-0.4, -0.2) is 16.6 Å². The Balaban J connectivity index is 2.16. The summed E-state index contributed by atoms with van der Waals surface area (Å²) in [5, 5.41) is 12.0.